The van der Waals surface area contributed by atoms with E-state index >= 15 is 0 Å². The molecule has 0 saturated heterocycles. The minimum atomic E-state index is -4.83. The number of methoxy groups -OCH3 is 1. The number of alkyl halides is 3. The van der Waals surface area contributed by atoms with Crippen molar-refractivity contribution in [3.05, 3.63) is 71.3 Å². The molecule has 0 atom stereocenters. The molecule has 0 aliphatic heterocycles. The second-order valence-electron chi connectivity index (χ2n) is 6.74. The maximum Gasteiger partial charge on any atom is 0.416 e. The lowest BCUT2D eigenvalue weighted by molar-refractivity contribution is -0.137. The molecule has 4 aromatic rings. The van der Waals surface area contributed by atoms with Crippen LogP contribution in [0.2, 0.25) is 0 Å². The van der Waals surface area contributed by atoms with Crippen LogP contribution in [0.3, 0.4) is 0 Å². The topological polar surface area (TPSA) is 107 Å². The second kappa shape index (κ2) is 8.37. The quantitative estimate of drug-likeness (QED) is 0.440. The van der Waals surface area contributed by atoms with Gasteiger partial charge >= 0.3 is 6.18 Å². The number of aromatic nitrogens is 4. The molecule has 0 unspecified atom stereocenters. The molecule has 170 valence electrons. The first-order valence-electron chi connectivity index (χ1n) is 10.2. The van der Waals surface area contributed by atoms with E-state index in [1.165, 1.54) is 23.9 Å². The van der Waals surface area contributed by atoms with Gasteiger partial charge in [0.25, 0.3) is 5.91 Å². The van der Waals surface area contributed by atoms with Crippen LogP contribution in [-0.2, 0) is 12.7 Å². The number of hydrogen-bond acceptors (Lipinski definition) is 6. The number of rotatable bonds is 5. The van der Waals surface area contributed by atoms with E-state index in [1.54, 1.807) is 18.3 Å². The Morgan fingerprint density at radius 1 is 1.24 bits per heavy atom. The molecule has 0 aliphatic carbocycles. The zero-order chi connectivity index (χ0) is 25.5. The molecule has 0 fully saturated rings. The number of amides is 1. The van der Waals surface area contributed by atoms with Gasteiger partial charge in [0.1, 0.15) is 11.4 Å². The fraction of sp³-hybridized carbons (Fsp3) is 0.143. The molecule has 1 aromatic carbocycles. The summed E-state index contributed by atoms with van der Waals surface area (Å²) in [6.45, 7) is -3.00. The number of nitrogens with two attached hydrogens (primary N) is 1. The van der Waals surface area contributed by atoms with E-state index in [1.807, 2.05) is 5.32 Å². The van der Waals surface area contributed by atoms with Crippen molar-refractivity contribution in [2.24, 2.45) is 0 Å². The molecule has 0 spiro atoms. The van der Waals surface area contributed by atoms with Gasteiger partial charge in [-0.05, 0) is 42.0 Å². The van der Waals surface area contributed by atoms with Gasteiger partial charge in [0.15, 0.2) is 5.65 Å². The molecule has 4 rings (SSSR count). The fourth-order valence-corrected chi connectivity index (χ4v) is 3.00. The summed E-state index contributed by atoms with van der Waals surface area (Å²) in [5, 5.41) is 5.88. The van der Waals surface area contributed by atoms with Crippen molar-refractivity contribution < 1.29 is 29.8 Å². The third kappa shape index (κ3) is 4.54. The van der Waals surface area contributed by atoms with Crippen LogP contribution in [0.5, 0.6) is 5.88 Å². The van der Waals surface area contributed by atoms with E-state index in [0.717, 1.165) is 0 Å². The number of nitrogen functional groups attached to an aromatic ring is 1. The number of carbonyl (C=O) groups is 1. The molecule has 0 saturated carbocycles. The Morgan fingerprint density at radius 2 is 2.03 bits per heavy atom. The highest BCUT2D eigenvalue weighted by molar-refractivity contribution is 5.97. The summed E-state index contributed by atoms with van der Waals surface area (Å²) in [5.74, 6) is -2.48. The lowest BCUT2D eigenvalue weighted by Gasteiger charge is -2.12. The summed E-state index contributed by atoms with van der Waals surface area (Å²) in [7, 11) is 1.23. The van der Waals surface area contributed by atoms with Crippen LogP contribution < -0.4 is 15.8 Å². The number of pyridine rings is 2. The number of halogens is 4. The molecule has 0 bridgehead atoms. The molecule has 1 amide bonds. The number of carbonyl (C=O) groups excluding carboxylic acids is 1. The van der Waals surface area contributed by atoms with Gasteiger partial charge in [0.05, 0.1) is 15.4 Å². The highest BCUT2D eigenvalue weighted by Crippen LogP contribution is 2.30. The van der Waals surface area contributed by atoms with Crippen LogP contribution in [0.25, 0.3) is 16.8 Å². The summed E-state index contributed by atoms with van der Waals surface area (Å²) < 4.78 is 76.0. The van der Waals surface area contributed by atoms with Crippen molar-refractivity contribution in [3.63, 3.8) is 0 Å². The first-order chi connectivity index (χ1) is 16.4. The second-order valence-corrected chi connectivity index (χ2v) is 6.74. The predicted octanol–water partition coefficient (Wildman–Crippen LogP) is 3.47. The number of nitrogens with one attached hydrogen (secondary N) is 1. The number of fused-ring (bicyclic) bond motifs is 1. The van der Waals surface area contributed by atoms with Crippen molar-refractivity contribution >= 4 is 17.5 Å². The Hall–Kier alpha value is -4.22. The first-order valence-corrected chi connectivity index (χ1v) is 9.25. The molecule has 3 aromatic heterocycles. The van der Waals surface area contributed by atoms with Gasteiger partial charge in [-0.1, -0.05) is 0 Å². The Labute approximate surface area is 186 Å². The van der Waals surface area contributed by atoms with Crippen LogP contribution in [0.15, 0.2) is 48.8 Å². The van der Waals surface area contributed by atoms with Crippen molar-refractivity contribution in [2.45, 2.75) is 12.7 Å². The lowest BCUT2D eigenvalue weighted by atomic mass is 10.1. The molecule has 0 radical (unpaired) electrons. The third-order valence-electron chi connectivity index (χ3n) is 4.58. The average Bonchev–Trinajstić information content (AvgIpc) is 3.16. The number of ether oxygens (including phenoxy) is 1. The van der Waals surface area contributed by atoms with Crippen molar-refractivity contribution in [2.75, 3.05) is 12.8 Å². The maximum absolute atomic E-state index is 14.2. The highest BCUT2D eigenvalue weighted by atomic mass is 19.4. The minimum Gasteiger partial charge on any atom is -0.480 e. The molecular formula is C21H16F4N6O2. The summed E-state index contributed by atoms with van der Waals surface area (Å²) >= 11 is 0. The first kappa shape index (κ1) is 19.5. The SMILES string of the molecule is [2H]C([2H])(NC(=O)c1cc(-c2ccn3nc(N)nc3c2)cnc1OC)c1cc(C(F)(F)F)ccc1F. The van der Waals surface area contributed by atoms with E-state index in [-0.39, 0.29) is 17.4 Å². The van der Waals surface area contributed by atoms with E-state index in [2.05, 4.69) is 15.1 Å². The van der Waals surface area contributed by atoms with Gasteiger partial charge < -0.3 is 15.8 Å². The van der Waals surface area contributed by atoms with Crippen LogP contribution in [0.4, 0.5) is 23.5 Å². The molecule has 0 aliphatic rings. The highest BCUT2D eigenvalue weighted by Gasteiger charge is 2.31. The molecule has 33 heavy (non-hydrogen) atoms. The van der Waals surface area contributed by atoms with Crippen LogP contribution >= 0.6 is 0 Å². The van der Waals surface area contributed by atoms with Gasteiger partial charge in [-0.2, -0.15) is 18.2 Å². The molecule has 3 N–H and O–H groups in total. The summed E-state index contributed by atoms with van der Waals surface area (Å²) in [5.41, 5.74) is 4.47. The van der Waals surface area contributed by atoms with Gasteiger partial charge in [-0.15, -0.1) is 5.10 Å². The normalized spacial score (nSPS) is 12.9. The molecule has 8 nitrogen and oxygen atoms in total. The van der Waals surface area contributed by atoms with E-state index in [4.69, 9.17) is 13.2 Å². The van der Waals surface area contributed by atoms with Crippen molar-refractivity contribution in [3.8, 4) is 17.0 Å². The van der Waals surface area contributed by atoms with Crippen LogP contribution in [0, 0.1) is 5.82 Å². The van der Waals surface area contributed by atoms with E-state index in [9.17, 15) is 22.4 Å². The van der Waals surface area contributed by atoms with Gasteiger partial charge in [-0.3, -0.25) is 4.79 Å². The van der Waals surface area contributed by atoms with E-state index in [0.29, 0.717) is 35.0 Å². The largest absolute Gasteiger partial charge is 0.480 e. The van der Waals surface area contributed by atoms with Crippen LogP contribution in [-0.4, -0.2) is 32.6 Å². The van der Waals surface area contributed by atoms with Crippen molar-refractivity contribution in [1.29, 1.82) is 0 Å². The Balaban J connectivity index is 1.69. The monoisotopic (exact) mass is 462 g/mol. The van der Waals surface area contributed by atoms with E-state index < -0.39 is 35.5 Å². The summed E-state index contributed by atoms with van der Waals surface area (Å²) in [6, 6.07) is 5.87. The average molecular weight is 462 g/mol. The Kier molecular flexibility index (Phi) is 4.94. The molecule has 12 heteroatoms. The Bertz CT molecular complexity index is 1440. The smallest absolute Gasteiger partial charge is 0.416 e. The Morgan fingerprint density at radius 3 is 2.76 bits per heavy atom. The zero-order valence-electron chi connectivity index (χ0n) is 18.8. The molecule has 3 heterocycles. The van der Waals surface area contributed by atoms with Crippen molar-refractivity contribution in [1.82, 2.24) is 24.9 Å². The van der Waals surface area contributed by atoms with Gasteiger partial charge in [0.2, 0.25) is 11.8 Å². The third-order valence-corrected chi connectivity index (χ3v) is 4.58. The van der Waals surface area contributed by atoms with Gasteiger partial charge in [0, 0.05) is 30.0 Å². The standard InChI is InChI=1S/C21H16F4N6O2/c1-33-19-15(18(32)27-10-13-6-14(21(23,24)25)2-3-16(13)22)7-12(9-28-19)11-4-5-31-17(8-11)29-20(26)30-31/h2-9H,10H2,1H3,(H2,26,30)(H,27,32)/i10D2. The maximum atomic E-state index is 14.2. The summed E-state index contributed by atoms with van der Waals surface area (Å²) in [6.07, 6.45) is -1.87. The molecular weight excluding hydrogens is 444 g/mol. The summed E-state index contributed by atoms with van der Waals surface area (Å²) in [4.78, 5) is 21.0. The van der Waals surface area contributed by atoms with Gasteiger partial charge in [-0.25, -0.2) is 13.9 Å². The fourth-order valence-electron chi connectivity index (χ4n) is 3.00. The van der Waals surface area contributed by atoms with Crippen LogP contribution in [0.1, 0.15) is 24.2 Å². The lowest BCUT2D eigenvalue weighted by Crippen LogP contribution is -2.24. The minimum absolute atomic E-state index is 0.0547. The number of hydrogen-bond donors (Lipinski definition) is 2. The zero-order valence-corrected chi connectivity index (χ0v) is 16.8. The number of anilines is 1. The number of benzene rings is 1. The predicted molar refractivity (Wildman–Crippen MR) is 110 cm³/mol. The number of nitrogens with zero attached hydrogens (tertiary/aromatic N) is 4.